The second kappa shape index (κ2) is 11.0. The molecule has 0 spiro atoms. The van der Waals surface area contributed by atoms with Crippen LogP contribution in [-0.2, 0) is 12.8 Å². The molecule has 2 N–H and O–H groups in total. The molecule has 0 atom stereocenters. The largest absolute Gasteiger partial charge is 0.485 e. The van der Waals surface area contributed by atoms with E-state index in [1.165, 1.54) is 32.0 Å². The summed E-state index contributed by atoms with van der Waals surface area (Å²) in [5.74, 6) is 0.516. The summed E-state index contributed by atoms with van der Waals surface area (Å²) in [5.41, 5.74) is 7.68. The van der Waals surface area contributed by atoms with Crippen LogP contribution < -0.4 is 10.5 Å². The molecular weight excluding hydrogens is 495 g/mol. The first-order valence-corrected chi connectivity index (χ1v) is 12.8. The number of piperidine rings is 1. The van der Waals surface area contributed by atoms with Gasteiger partial charge in [-0.25, -0.2) is 4.98 Å². The summed E-state index contributed by atoms with van der Waals surface area (Å²) < 4.78 is 43.9. The Morgan fingerprint density at radius 3 is 2.29 bits per heavy atom. The fraction of sp³-hybridized carbons (Fsp3) is 0.393. The van der Waals surface area contributed by atoms with Gasteiger partial charge in [-0.3, -0.25) is 9.78 Å². The normalized spacial score (nSPS) is 17.1. The third-order valence-corrected chi connectivity index (χ3v) is 7.27. The smallest absolute Gasteiger partial charge is 0.433 e. The molecule has 0 bridgehead atoms. The van der Waals surface area contributed by atoms with Crippen molar-refractivity contribution in [2.45, 2.75) is 44.5 Å². The number of carbonyl (C=O) groups is 1. The van der Waals surface area contributed by atoms with E-state index in [0.29, 0.717) is 22.9 Å². The summed E-state index contributed by atoms with van der Waals surface area (Å²) in [6, 6.07) is 11.9. The van der Waals surface area contributed by atoms with E-state index in [9.17, 15) is 18.0 Å². The van der Waals surface area contributed by atoms with E-state index >= 15 is 0 Å². The molecule has 3 aromatic rings. The number of amides is 1. The topological polar surface area (TPSA) is 84.6 Å². The van der Waals surface area contributed by atoms with E-state index < -0.39 is 11.9 Å². The van der Waals surface area contributed by atoms with Crippen molar-refractivity contribution in [3.63, 3.8) is 0 Å². The minimum absolute atomic E-state index is 0.0115. The zero-order valence-corrected chi connectivity index (χ0v) is 21.0. The van der Waals surface area contributed by atoms with Gasteiger partial charge in [0.05, 0.1) is 0 Å². The molecule has 7 nitrogen and oxygen atoms in total. The van der Waals surface area contributed by atoms with Crippen LogP contribution >= 0.6 is 0 Å². The first-order chi connectivity index (χ1) is 18.3. The molecule has 2 aromatic heterocycles. The lowest BCUT2D eigenvalue weighted by Crippen LogP contribution is -2.45. The molecule has 38 heavy (non-hydrogen) atoms. The zero-order valence-electron chi connectivity index (χ0n) is 21.0. The zero-order chi connectivity index (χ0) is 26.7. The monoisotopic (exact) mass is 525 g/mol. The maximum absolute atomic E-state index is 13.1. The fourth-order valence-electron chi connectivity index (χ4n) is 5.10. The van der Waals surface area contributed by atoms with Crippen molar-refractivity contribution in [3.05, 3.63) is 71.7 Å². The minimum atomic E-state index is -4.49. The molecule has 0 aliphatic carbocycles. The number of alkyl halides is 3. The maximum atomic E-state index is 13.1. The highest BCUT2D eigenvalue weighted by molar-refractivity contribution is 5.94. The first-order valence-electron chi connectivity index (χ1n) is 12.8. The molecule has 200 valence electrons. The third-order valence-electron chi connectivity index (χ3n) is 7.27. The van der Waals surface area contributed by atoms with Gasteiger partial charge in [-0.2, -0.15) is 13.2 Å². The van der Waals surface area contributed by atoms with Gasteiger partial charge in [-0.15, -0.1) is 0 Å². The predicted molar refractivity (Wildman–Crippen MR) is 137 cm³/mol. The average Bonchev–Trinajstić information content (AvgIpc) is 3.47. The summed E-state index contributed by atoms with van der Waals surface area (Å²) in [7, 11) is 0. The average molecular weight is 526 g/mol. The summed E-state index contributed by atoms with van der Waals surface area (Å²) in [6.45, 7) is 3.90. The van der Waals surface area contributed by atoms with Crippen molar-refractivity contribution < 1.29 is 22.7 Å². The molecule has 2 fully saturated rings. The Labute approximate surface area is 219 Å². The molecule has 1 aromatic carbocycles. The third kappa shape index (κ3) is 5.91. The number of carbonyl (C=O) groups excluding carboxylic acids is 1. The van der Waals surface area contributed by atoms with Crippen LogP contribution in [0.2, 0.25) is 0 Å². The summed E-state index contributed by atoms with van der Waals surface area (Å²) >= 11 is 0. The standard InChI is InChI=1S/C28H30F3N5O2/c29-28(30,31)25-8-3-19(16-33-25)18-38-24-15-22(17-34-26(24)32)20-4-6-21(7-5-20)27(37)36-13-9-23(10-14-36)35-11-1-2-12-35/h3-8,15-17,23H,1-2,9-14,18H2,(H2,32,34). The highest BCUT2D eigenvalue weighted by Crippen LogP contribution is 2.30. The number of hydrogen-bond donors (Lipinski definition) is 1. The molecule has 0 radical (unpaired) electrons. The first kappa shape index (κ1) is 26.0. The van der Waals surface area contributed by atoms with Gasteiger partial charge in [-0.05, 0) is 68.6 Å². The number of ether oxygens (including phenoxy) is 1. The Kier molecular flexibility index (Phi) is 7.51. The molecule has 2 aliphatic rings. The van der Waals surface area contributed by atoms with E-state index in [4.69, 9.17) is 10.5 Å². The Hall–Kier alpha value is -3.66. The second-order valence-corrected chi connectivity index (χ2v) is 9.79. The van der Waals surface area contributed by atoms with Crippen molar-refractivity contribution in [2.75, 3.05) is 31.9 Å². The van der Waals surface area contributed by atoms with Crippen molar-refractivity contribution in [1.82, 2.24) is 19.8 Å². The van der Waals surface area contributed by atoms with Gasteiger partial charge in [0, 0.05) is 48.2 Å². The van der Waals surface area contributed by atoms with Gasteiger partial charge < -0.3 is 20.3 Å². The van der Waals surface area contributed by atoms with Gasteiger partial charge >= 0.3 is 6.18 Å². The maximum Gasteiger partial charge on any atom is 0.433 e. The Bertz CT molecular complexity index is 1250. The number of aromatic nitrogens is 2. The van der Waals surface area contributed by atoms with Gasteiger partial charge in [-0.1, -0.05) is 18.2 Å². The Balaban J connectivity index is 1.20. The Morgan fingerprint density at radius 2 is 1.66 bits per heavy atom. The van der Waals surface area contributed by atoms with E-state index in [2.05, 4.69) is 14.9 Å². The molecule has 0 saturated carbocycles. The summed E-state index contributed by atoms with van der Waals surface area (Å²) in [6.07, 6.45) is 2.84. The lowest BCUT2D eigenvalue weighted by molar-refractivity contribution is -0.141. The van der Waals surface area contributed by atoms with Crippen LogP contribution in [0.5, 0.6) is 5.75 Å². The lowest BCUT2D eigenvalue weighted by atomic mass is 10.0. The van der Waals surface area contributed by atoms with Crippen LogP contribution in [0, 0.1) is 0 Å². The van der Waals surface area contributed by atoms with Crippen molar-refractivity contribution in [1.29, 1.82) is 0 Å². The van der Waals surface area contributed by atoms with Crippen molar-refractivity contribution in [2.24, 2.45) is 0 Å². The number of nitrogen functional groups attached to an aromatic ring is 1. The molecule has 1 amide bonds. The quantitative estimate of drug-likeness (QED) is 0.486. The molecule has 4 heterocycles. The SMILES string of the molecule is Nc1ncc(-c2ccc(C(=O)N3CCC(N4CCCC4)CC3)cc2)cc1OCc1ccc(C(F)(F)F)nc1. The van der Waals surface area contributed by atoms with Crippen molar-refractivity contribution >= 4 is 11.7 Å². The van der Waals surface area contributed by atoms with Gasteiger partial charge in [0.15, 0.2) is 11.6 Å². The number of rotatable bonds is 6. The van der Waals surface area contributed by atoms with Crippen LogP contribution in [0.3, 0.4) is 0 Å². The molecular formula is C28H30F3N5O2. The number of nitrogens with two attached hydrogens (primary N) is 1. The molecule has 10 heteroatoms. The van der Waals surface area contributed by atoms with Crippen LogP contribution in [0.25, 0.3) is 11.1 Å². The number of hydrogen-bond acceptors (Lipinski definition) is 6. The van der Waals surface area contributed by atoms with Crippen LogP contribution in [0.15, 0.2) is 54.9 Å². The number of halogens is 3. The predicted octanol–water partition coefficient (Wildman–Crippen LogP) is 5.02. The van der Waals surface area contributed by atoms with Crippen LogP contribution in [0.1, 0.15) is 47.3 Å². The lowest BCUT2D eigenvalue weighted by Gasteiger charge is -2.36. The van der Waals surface area contributed by atoms with Crippen LogP contribution in [-0.4, -0.2) is 57.9 Å². The number of anilines is 1. The highest BCUT2D eigenvalue weighted by Gasteiger charge is 2.32. The molecule has 5 rings (SSSR count). The summed E-state index contributed by atoms with van der Waals surface area (Å²) in [5, 5.41) is 0. The van der Waals surface area contributed by atoms with Crippen molar-refractivity contribution in [3.8, 4) is 16.9 Å². The van der Waals surface area contributed by atoms with Crippen LogP contribution in [0.4, 0.5) is 19.0 Å². The van der Waals surface area contributed by atoms with Gasteiger partial charge in [0.1, 0.15) is 12.3 Å². The van der Waals surface area contributed by atoms with E-state index in [1.54, 1.807) is 12.3 Å². The molecule has 2 aliphatic heterocycles. The number of benzene rings is 1. The van der Waals surface area contributed by atoms with E-state index in [0.717, 1.165) is 49.3 Å². The molecule has 0 unspecified atom stereocenters. The summed E-state index contributed by atoms with van der Waals surface area (Å²) in [4.78, 5) is 25.2. The highest BCUT2D eigenvalue weighted by atomic mass is 19.4. The number of pyridine rings is 2. The Morgan fingerprint density at radius 1 is 0.947 bits per heavy atom. The fourth-order valence-corrected chi connectivity index (χ4v) is 5.10. The molecule has 2 saturated heterocycles. The van der Waals surface area contributed by atoms with Gasteiger partial charge in [0.25, 0.3) is 5.91 Å². The number of likely N-dealkylation sites (tertiary alicyclic amines) is 2. The van der Waals surface area contributed by atoms with E-state index in [-0.39, 0.29) is 18.3 Å². The number of nitrogens with zero attached hydrogens (tertiary/aromatic N) is 4. The van der Waals surface area contributed by atoms with Gasteiger partial charge in [0.2, 0.25) is 0 Å². The second-order valence-electron chi connectivity index (χ2n) is 9.79. The minimum Gasteiger partial charge on any atom is -0.485 e. The van der Waals surface area contributed by atoms with E-state index in [1.807, 2.05) is 29.2 Å².